The summed E-state index contributed by atoms with van der Waals surface area (Å²) in [5.41, 5.74) is 2.15. The second kappa shape index (κ2) is 10.2. The first-order chi connectivity index (χ1) is 15.1. The van der Waals surface area contributed by atoms with Crippen LogP contribution in [-0.4, -0.2) is 42.4 Å². The van der Waals surface area contributed by atoms with Gasteiger partial charge in [0.15, 0.2) is 0 Å². The van der Waals surface area contributed by atoms with Crippen molar-refractivity contribution in [2.24, 2.45) is 5.92 Å². The first-order valence-electron chi connectivity index (χ1n) is 10.7. The van der Waals surface area contributed by atoms with E-state index in [0.29, 0.717) is 23.3 Å². The highest BCUT2D eigenvalue weighted by atomic mass is 35.5. The largest absolute Gasteiger partial charge is 0.497 e. The van der Waals surface area contributed by atoms with E-state index in [9.17, 15) is 0 Å². The molecule has 3 aromatic rings. The molecule has 0 spiro atoms. The predicted octanol–water partition coefficient (Wildman–Crippen LogP) is 5.25. The Morgan fingerprint density at radius 1 is 1.00 bits per heavy atom. The van der Waals surface area contributed by atoms with E-state index in [0.717, 1.165) is 42.5 Å². The number of ether oxygens (including phenoxy) is 2. The first kappa shape index (κ1) is 21.7. The van der Waals surface area contributed by atoms with Gasteiger partial charge in [-0.3, -0.25) is 4.90 Å². The third-order valence-electron chi connectivity index (χ3n) is 5.88. The molecule has 2 aromatic carbocycles. The standard InChI is InChI=1S/C24H28ClN3O3/c1-29-21-13-18(14-22(15-21)30-2)4-3-17-9-11-28(12-10-17)16-23-26-27-24(31-23)19-5-7-20(25)8-6-19/h5-8,13-15,17H,3-4,9-12,16H2,1-2H3. The minimum absolute atomic E-state index is 0.537. The summed E-state index contributed by atoms with van der Waals surface area (Å²) in [7, 11) is 3.38. The molecule has 1 fully saturated rings. The van der Waals surface area contributed by atoms with Gasteiger partial charge in [-0.2, -0.15) is 0 Å². The lowest BCUT2D eigenvalue weighted by Gasteiger charge is -2.31. The van der Waals surface area contributed by atoms with E-state index >= 15 is 0 Å². The average molecular weight is 442 g/mol. The molecule has 0 atom stereocenters. The molecular formula is C24H28ClN3O3. The Morgan fingerprint density at radius 3 is 2.32 bits per heavy atom. The van der Waals surface area contributed by atoms with Crippen LogP contribution >= 0.6 is 11.6 Å². The maximum absolute atomic E-state index is 5.94. The molecular weight excluding hydrogens is 414 g/mol. The number of nitrogens with zero attached hydrogens (tertiary/aromatic N) is 3. The summed E-state index contributed by atoms with van der Waals surface area (Å²) in [5.74, 6) is 3.62. The minimum atomic E-state index is 0.537. The van der Waals surface area contributed by atoms with Crippen molar-refractivity contribution in [3.63, 3.8) is 0 Å². The smallest absolute Gasteiger partial charge is 0.247 e. The van der Waals surface area contributed by atoms with E-state index < -0.39 is 0 Å². The molecule has 6 nitrogen and oxygen atoms in total. The van der Waals surface area contributed by atoms with E-state index in [-0.39, 0.29) is 0 Å². The van der Waals surface area contributed by atoms with Crippen LogP contribution in [0, 0.1) is 5.92 Å². The fourth-order valence-electron chi connectivity index (χ4n) is 4.03. The van der Waals surface area contributed by atoms with Crippen LogP contribution in [0.3, 0.4) is 0 Å². The van der Waals surface area contributed by atoms with Gasteiger partial charge in [0.05, 0.1) is 20.8 Å². The molecule has 0 radical (unpaired) electrons. The van der Waals surface area contributed by atoms with Crippen LogP contribution in [-0.2, 0) is 13.0 Å². The van der Waals surface area contributed by atoms with Crippen molar-refractivity contribution in [3.05, 3.63) is 58.9 Å². The quantitative estimate of drug-likeness (QED) is 0.475. The van der Waals surface area contributed by atoms with Gasteiger partial charge in [-0.25, -0.2) is 0 Å². The maximum Gasteiger partial charge on any atom is 0.247 e. The molecule has 4 rings (SSSR count). The van der Waals surface area contributed by atoms with E-state index in [2.05, 4.69) is 27.2 Å². The maximum atomic E-state index is 5.94. The molecule has 1 saturated heterocycles. The molecule has 7 heteroatoms. The zero-order valence-electron chi connectivity index (χ0n) is 18.0. The lowest BCUT2D eigenvalue weighted by molar-refractivity contribution is 0.160. The van der Waals surface area contributed by atoms with Gasteiger partial charge < -0.3 is 13.9 Å². The Labute approximate surface area is 188 Å². The van der Waals surface area contributed by atoms with Crippen LogP contribution < -0.4 is 9.47 Å². The monoisotopic (exact) mass is 441 g/mol. The van der Waals surface area contributed by atoms with Crippen molar-refractivity contribution in [2.75, 3.05) is 27.3 Å². The average Bonchev–Trinajstić information content (AvgIpc) is 3.27. The van der Waals surface area contributed by atoms with Crippen molar-refractivity contribution in [3.8, 4) is 23.0 Å². The summed E-state index contributed by atoms with van der Waals surface area (Å²) < 4.78 is 16.6. The summed E-state index contributed by atoms with van der Waals surface area (Å²) in [4.78, 5) is 2.39. The topological polar surface area (TPSA) is 60.6 Å². The van der Waals surface area contributed by atoms with Gasteiger partial charge in [0.25, 0.3) is 0 Å². The van der Waals surface area contributed by atoms with Gasteiger partial charge >= 0.3 is 0 Å². The minimum Gasteiger partial charge on any atom is -0.497 e. The van der Waals surface area contributed by atoms with Crippen LogP contribution in [0.15, 0.2) is 46.9 Å². The third-order valence-corrected chi connectivity index (χ3v) is 6.13. The zero-order valence-corrected chi connectivity index (χ0v) is 18.8. The van der Waals surface area contributed by atoms with Gasteiger partial charge in [0.1, 0.15) is 11.5 Å². The number of benzene rings is 2. The number of hydrogen-bond acceptors (Lipinski definition) is 6. The fourth-order valence-corrected chi connectivity index (χ4v) is 4.16. The predicted molar refractivity (Wildman–Crippen MR) is 121 cm³/mol. The van der Waals surface area contributed by atoms with Crippen LogP contribution in [0.4, 0.5) is 0 Å². The van der Waals surface area contributed by atoms with Gasteiger partial charge in [0, 0.05) is 16.7 Å². The van der Waals surface area contributed by atoms with E-state index in [1.807, 2.05) is 30.3 Å². The molecule has 1 aliphatic heterocycles. The molecule has 1 aromatic heterocycles. The first-order valence-corrected chi connectivity index (χ1v) is 11.0. The van der Waals surface area contributed by atoms with Crippen LogP contribution in [0.2, 0.25) is 5.02 Å². The summed E-state index contributed by atoms with van der Waals surface area (Å²) in [6, 6.07) is 13.6. The van der Waals surface area contributed by atoms with Gasteiger partial charge in [0.2, 0.25) is 11.8 Å². The van der Waals surface area contributed by atoms with Gasteiger partial charge in [-0.15, -0.1) is 10.2 Å². The molecule has 1 aliphatic rings. The molecule has 2 heterocycles. The number of rotatable bonds is 8. The summed E-state index contributed by atoms with van der Waals surface area (Å²) in [5, 5.41) is 9.09. The number of aromatic nitrogens is 2. The molecule has 164 valence electrons. The summed E-state index contributed by atoms with van der Waals surface area (Å²) >= 11 is 5.94. The highest BCUT2D eigenvalue weighted by Gasteiger charge is 2.21. The Balaban J connectivity index is 1.25. The SMILES string of the molecule is COc1cc(CCC2CCN(Cc3nnc(-c4ccc(Cl)cc4)o3)CC2)cc(OC)c1. The molecule has 31 heavy (non-hydrogen) atoms. The highest BCUT2D eigenvalue weighted by molar-refractivity contribution is 6.30. The Hall–Kier alpha value is -2.57. The number of halogens is 1. The second-order valence-electron chi connectivity index (χ2n) is 7.99. The van der Waals surface area contributed by atoms with Crippen LogP contribution in [0.1, 0.15) is 30.7 Å². The van der Waals surface area contributed by atoms with Crippen LogP contribution in [0.5, 0.6) is 11.5 Å². The lowest BCUT2D eigenvalue weighted by Crippen LogP contribution is -2.33. The van der Waals surface area contributed by atoms with Crippen molar-refractivity contribution in [1.82, 2.24) is 15.1 Å². The number of hydrogen-bond donors (Lipinski definition) is 0. The van der Waals surface area contributed by atoms with Crippen molar-refractivity contribution >= 4 is 11.6 Å². The number of methoxy groups -OCH3 is 2. The van der Waals surface area contributed by atoms with E-state index in [1.54, 1.807) is 14.2 Å². The number of aryl methyl sites for hydroxylation is 1. The van der Waals surface area contributed by atoms with Gasteiger partial charge in [-0.05, 0) is 86.7 Å². The molecule has 0 saturated carbocycles. The molecule has 0 unspecified atom stereocenters. The molecule has 0 bridgehead atoms. The summed E-state index contributed by atoms with van der Waals surface area (Å²) in [6.07, 6.45) is 4.57. The van der Waals surface area contributed by atoms with Crippen molar-refractivity contribution in [2.45, 2.75) is 32.2 Å². The fraction of sp³-hybridized carbons (Fsp3) is 0.417. The van der Waals surface area contributed by atoms with Crippen LogP contribution in [0.25, 0.3) is 11.5 Å². The molecule has 0 amide bonds. The van der Waals surface area contributed by atoms with E-state index in [1.165, 1.54) is 24.8 Å². The normalized spacial score (nSPS) is 15.2. The molecule has 0 N–H and O–H groups in total. The lowest BCUT2D eigenvalue weighted by atomic mass is 9.90. The van der Waals surface area contributed by atoms with Crippen molar-refractivity contribution in [1.29, 1.82) is 0 Å². The Morgan fingerprint density at radius 2 is 1.68 bits per heavy atom. The van der Waals surface area contributed by atoms with Crippen molar-refractivity contribution < 1.29 is 13.9 Å². The second-order valence-corrected chi connectivity index (χ2v) is 8.42. The zero-order chi connectivity index (χ0) is 21.6. The summed E-state index contributed by atoms with van der Waals surface area (Å²) in [6.45, 7) is 2.79. The Bertz CT molecular complexity index is 960. The van der Waals surface area contributed by atoms with Gasteiger partial charge in [-0.1, -0.05) is 11.6 Å². The number of likely N-dealkylation sites (tertiary alicyclic amines) is 1. The van der Waals surface area contributed by atoms with E-state index in [4.69, 9.17) is 25.5 Å². The molecule has 0 aliphatic carbocycles. The highest BCUT2D eigenvalue weighted by Crippen LogP contribution is 2.28. The number of piperidine rings is 1. The Kier molecular flexibility index (Phi) is 7.10. The third kappa shape index (κ3) is 5.77.